The standard InChI is InChI=1S/C18H30O4/c1-18(2,3)22-17(20)15-12-8-7-11-14(15)16(19)21-13-9-5-4-6-10-13/h13-15H,4-12H2,1-3H3. The predicted molar refractivity (Wildman–Crippen MR) is 84.3 cm³/mol. The Morgan fingerprint density at radius 1 is 0.773 bits per heavy atom. The number of hydrogen-bond donors (Lipinski definition) is 0. The normalized spacial score (nSPS) is 27.2. The minimum absolute atomic E-state index is 0.0578. The number of rotatable bonds is 3. The first-order valence-corrected chi connectivity index (χ1v) is 8.80. The Balaban J connectivity index is 1.96. The summed E-state index contributed by atoms with van der Waals surface area (Å²) in [5.41, 5.74) is -0.508. The van der Waals surface area contributed by atoms with Crippen molar-refractivity contribution in [1.29, 1.82) is 0 Å². The SMILES string of the molecule is CC(C)(C)OC(=O)C1CCCCC1C(=O)OC1CCCCC1. The highest BCUT2D eigenvalue weighted by Gasteiger charge is 2.39. The van der Waals surface area contributed by atoms with Crippen molar-refractivity contribution in [3.8, 4) is 0 Å². The largest absolute Gasteiger partial charge is 0.462 e. The Morgan fingerprint density at radius 2 is 1.27 bits per heavy atom. The van der Waals surface area contributed by atoms with Crippen LogP contribution in [0.5, 0.6) is 0 Å². The molecule has 2 aliphatic carbocycles. The van der Waals surface area contributed by atoms with Crippen molar-refractivity contribution in [3.63, 3.8) is 0 Å². The molecular weight excluding hydrogens is 280 g/mol. The smallest absolute Gasteiger partial charge is 0.310 e. The molecule has 0 bridgehead atoms. The minimum Gasteiger partial charge on any atom is -0.462 e. The second kappa shape index (κ2) is 7.47. The molecule has 0 amide bonds. The van der Waals surface area contributed by atoms with Crippen LogP contribution in [0, 0.1) is 11.8 Å². The van der Waals surface area contributed by atoms with E-state index in [1.807, 2.05) is 20.8 Å². The molecular formula is C18H30O4. The van der Waals surface area contributed by atoms with Crippen LogP contribution in [0.2, 0.25) is 0 Å². The molecule has 2 atom stereocenters. The summed E-state index contributed by atoms with van der Waals surface area (Å²) in [5, 5.41) is 0. The summed E-state index contributed by atoms with van der Waals surface area (Å²) in [6, 6.07) is 0. The average Bonchev–Trinajstić information content (AvgIpc) is 2.46. The lowest BCUT2D eigenvalue weighted by Crippen LogP contribution is -2.39. The molecule has 0 aromatic carbocycles. The van der Waals surface area contributed by atoms with Gasteiger partial charge in [0.15, 0.2) is 0 Å². The molecule has 0 aromatic rings. The molecule has 0 heterocycles. The van der Waals surface area contributed by atoms with E-state index in [4.69, 9.17) is 9.47 Å². The summed E-state index contributed by atoms with van der Waals surface area (Å²) >= 11 is 0. The molecule has 2 rings (SSSR count). The molecule has 126 valence electrons. The van der Waals surface area contributed by atoms with Crippen molar-refractivity contribution < 1.29 is 19.1 Å². The van der Waals surface area contributed by atoms with Crippen LogP contribution in [0.25, 0.3) is 0 Å². The molecule has 0 spiro atoms. The van der Waals surface area contributed by atoms with Gasteiger partial charge in [-0.2, -0.15) is 0 Å². The summed E-state index contributed by atoms with van der Waals surface area (Å²) in [5.74, 6) is -1.06. The van der Waals surface area contributed by atoms with Gasteiger partial charge >= 0.3 is 11.9 Å². The fourth-order valence-electron chi connectivity index (χ4n) is 3.51. The Hall–Kier alpha value is -1.06. The monoisotopic (exact) mass is 310 g/mol. The fraction of sp³-hybridized carbons (Fsp3) is 0.889. The molecule has 0 N–H and O–H groups in total. The predicted octanol–water partition coefficient (Wildman–Crippen LogP) is 4.01. The molecule has 22 heavy (non-hydrogen) atoms. The maximum Gasteiger partial charge on any atom is 0.310 e. The summed E-state index contributed by atoms with van der Waals surface area (Å²) in [4.78, 5) is 24.9. The van der Waals surface area contributed by atoms with Crippen molar-refractivity contribution in [3.05, 3.63) is 0 Å². The van der Waals surface area contributed by atoms with Crippen LogP contribution >= 0.6 is 0 Å². The van der Waals surface area contributed by atoms with E-state index < -0.39 is 5.60 Å². The van der Waals surface area contributed by atoms with Gasteiger partial charge in [0.25, 0.3) is 0 Å². The van der Waals surface area contributed by atoms with Crippen LogP contribution in [0.1, 0.15) is 78.6 Å². The molecule has 0 radical (unpaired) electrons. The lowest BCUT2D eigenvalue weighted by molar-refractivity contribution is -0.172. The fourth-order valence-corrected chi connectivity index (χ4v) is 3.51. The van der Waals surface area contributed by atoms with Gasteiger partial charge in [0.05, 0.1) is 11.8 Å². The number of ether oxygens (including phenoxy) is 2. The van der Waals surface area contributed by atoms with Crippen LogP contribution in [0.15, 0.2) is 0 Å². The molecule has 4 heteroatoms. The van der Waals surface area contributed by atoms with E-state index in [2.05, 4.69) is 0 Å². The molecule has 0 saturated heterocycles. The maximum absolute atomic E-state index is 12.5. The summed E-state index contributed by atoms with van der Waals surface area (Å²) in [6.07, 6.45) is 8.96. The van der Waals surface area contributed by atoms with Crippen molar-refractivity contribution in [1.82, 2.24) is 0 Å². The van der Waals surface area contributed by atoms with Crippen molar-refractivity contribution in [2.45, 2.75) is 90.3 Å². The second-order valence-electron chi connectivity index (χ2n) is 7.73. The number of carbonyl (C=O) groups excluding carboxylic acids is 2. The van der Waals surface area contributed by atoms with E-state index in [0.717, 1.165) is 51.4 Å². The van der Waals surface area contributed by atoms with Gasteiger partial charge in [-0.25, -0.2) is 0 Å². The Morgan fingerprint density at radius 3 is 1.82 bits per heavy atom. The lowest BCUT2D eigenvalue weighted by atomic mass is 9.79. The molecule has 2 saturated carbocycles. The van der Waals surface area contributed by atoms with Crippen LogP contribution in [-0.4, -0.2) is 23.6 Å². The van der Waals surface area contributed by atoms with Crippen molar-refractivity contribution in [2.75, 3.05) is 0 Å². The van der Waals surface area contributed by atoms with Gasteiger partial charge in [-0.05, 0) is 59.3 Å². The molecule has 2 fully saturated rings. The average molecular weight is 310 g/mol. The van der Waals surface area contributed by atoms with E-state index >= 15 is 0 Å². The first kappa shape index (κ1) is 17.3. The van der Waals surface area contributed by atoms with Gasteiger partial charge in [0.1, 0.15) is 11.7 Å². The molecule has 0 aromatic heterocycles. The Labute approximate surface area is 133 Å². The van der Waals surface area contributed by atoms with E-state index in [1.165, 1.54) is 6.42 Å². The number of esters is 2. The van der Waals surface area contributed by atoms with Crippen molar-refractivity contribution >= 4 is 11.9 Å². The van der Waals surface area contributed by atoms with Crippen LogP contribution in [-0.2, 0) is 19.1 Å². The van der Waals surface area contributed by atoms with E-state index in [0.29, 0.717) is 0 Å². The third-order valence-corrected chi connectivity index (χ3v) is 4.61. The Kier molecular flexibility index (Phi) is 5.87. The highest BCUT2D eigenvalue weighted by molar-refractivity contribution is 5.82. The molecule has 4 nitrogen and oxygen atoms in total. The van der Waals surface area contributed by atoms with E-state index in [9.17, 15) is 9.59 Å². The van der Waals surface area contributed by atoms with Gasteiger partial charge in [-0.15, -0.1) is 0 Å². The third-order valence-electron chi connectivity index (χ3n) is 4.61. The summed E-state index contributed by atoms with van der Waals surface area (Å²) in [7, 11) is 0. The number of carbonyl (C=O) groups is 2. The lowest BCUT2D eigenvalue weighted by Gasteiger charge is -2.32. The van der Waals surface area contributed by atoms with E-state index in [-0.39, 0.29) is 29.9 Å². The first-order chi connectivity index (χ1) is 10.4. The number of hydrogen-bond acceptors (Lipinski definition) is 4. The maximum atomic E-state index is 12.5. The van der Waals surface area contributed by atoms with Crippen LogP contribution in [0.3, 0.4) is 0 Å². The zero-order chi connectivity index (χ0) is 16.2. The van der Waals surface area contributed by atoms with Gasteiger partial charge in [0, 0.05) is 0 Å². The quantitative estimate of drug-likeness (QED) is 0.739. The van der Waals surface area contributed by atoms with Crippen molar-refractivity contribution in [2.24, 2.45) is 11.8 Å². The Bertz CT molecular complexity index is 390. The van der Waals surface area contributed by atoms with Gasteiger partial charge in [-0.1, -0.05) is 19.3 Å². The zero-order valence-corrected chi connectivity index (χ0v) is 14.2. The van der Waals surface area contributed by atoms with Crippen LogP contribution < -0.4 is 0 Å². The highest BCUT2D eigenvalue weighted by Crippen LogP contribution is 2.34. The molecule has 2 aliphatic rings. The second-order valence-corrected chi connectivity index (χ2v) is 7.73. The molecule has 2 unspecified atom stereocenters. The summed E-state index contributed by atoms with van der Waals surface area (Å²) in [6.45, 7) is 5.59. The topological polar surface area (TPSA) is 52.6 Å². The van der Waals surface area contributed by atoms with Gasteiger partial charge in [-0.3, -0.25) is 9.59 Å². The van der Waals surface area contributed by atoms with Crippen LogP contribution in [0.4, 0.5) is 0 Å². The highest BCUT2D eigenvalue weighted by atomic mass is 16.6. The summed E-state index contributed by atoms with van der Waals surface area (Å²) < 4.78 is 11.2. The van der Waals surface area contributed by atoms with Gasteiger partial charge in [0.2, 0.25) is 0 Å². The zero-order valence-electron chi connectivity index (χ0n) is 14.2. The van der Waals surface area contributed by atoms with E-state index in [1.54, 1.807) is 0 Å². The van der Waals surface area contributed by atoms with Gasteiger partial charge < -0.3 is 9.47 Å². The molecule has 0 aliphatic heterocycles. The third kappa shape index (κ3) is 4.99. The minimum atomic E-state index is -0.508. The first-order valence-electron chi connectivity index (χ1n) is 8.80.